The summed E-state index contributed by atoms with van der Waals surface area (Å²) in [4.78, 5) is 16.0. The van der Waals surface area contributed by atoms with Gasteiger partial charge < -0.3 is 10.7 Å². The van der Waals surface area contributed by atoms with E-state index >= 15 is 0 Å². The van der Waals surface area contributed by atoms with E-state index in [9.17, 15) is 4.79 Å². The van der Waals surface area contributed by atoms with Gasteiger partial charge in [0.05, 0.1) is 10.6 Å². The van der Waals surface area contributed by atoms with E-state index in [2.05, 4.69) is 22.7 Å². The standard InChI is InChI=1S/C13H19ClN4O/c1-2-3-13(4-5-13)8-17-12(19)9-6-10(14)11(18-15)16-7-9/h6-7H,2-5,8,15H2,1H3,(H,16,18)(H,17,19). The van der Waals surface area contributed by atoms with Crippen molar-refractivity contribution in [3.05, 3.63) is 22.8 Å². The molecule has 0 spiro atoms. The Morgan fingerprint density at radius 3 is 2.84 bits per heavy atom. The second-order valence-electron chi connectivity index (χ2n) is 5.13. The lowest BCUT2D eigenvalue weighted by Gasteiger charge is -2.15. The van der Waals surface area contributed by atoms with E-state index in [1.807, 2.05) is 0 Å². The summed E-state index contributed by atoms with van der Waals surface area (Å²) in [7, 11) is 0. The highest BCUT2D eigenvalue weighted by atomic mass is 35.5. The molecule has 1 aromatic heterocycles. The topological polar surface area (TPSA) is 80.0 Å². The van der Waals surface area contributed by atoms with Gasteiger partial charge in [-0.2, -0.15) is 0 Å². The quantitative estimate of drug-likeness (QED) is 0.553. The molecule has 0 atom stereocenters. The summed E-state index contributed by atoms with van der Waals surface area (Å²) in [6.07, 6.45) is 6.20. The minimum Gasteiger partial charge on any atom is -0.351 e. The molecule has 1 amide bonds. The van der Waals surface area contributed by atoms with Crippen LogP contribution in [0.2, 0.25) is 5.02 Å². The van der Waals surface area contributed by atoms with Crippen molar-refractivity contribution in [3.8, 4) is 0 Å². The highest BCUT2D eigenvalue weighted by molar-refractivity contribution is 6.33. The van der Waals surface area contributed by atoms with Gasteiger partial charge >= 0.3 is 0 Å². The molecule has 1 saturated carbocycles. The number of anilines is 1. The molecule has 0 bridgehead atoms. The van der Waals surface area contributed by atoms with Crippen molar-refractivity contribution in [1.82, 2.24) is 10.3 Å². The maximum atomic E-state index is 12.0. The minimum atomic E-state index is -0.139. The molecule has 0 unspecified atom stereocenters. The summed E-state index contributed by atoms with van der Waals surface area (Å²) in [6.45, 7) is 2.90. The van der Waals surface area contributed by atoms with Gasteiger partial charge in [0.25, 0.3) is 5.91 Å². The number of carbonyl (C=O) groups is 1. The van der Waals surface area contributed by atoms with Gasteiger partial charge in [-0.15, -0.1) is 0 Å². The highest BCUT2D eigenvalue weighted by Crippen LogP contribution is 2.48. The molecule has 6 heteroatoms. The summed E-state index contributed by atoms with van der Waals surface area (Å²) in [6, 6.07) is 1.57. The number of hydrogen-bond acceptors (Lipinski definition) is 4. The molecule has 2 rings (SSSR count). The lowest BCUT2D eigenvalue weighted by atomic mass is 10.0. The van der Waals surface area contributed by atoms with Crippen LogP contribution < -0.4 is 16.6 Å². The second-order valence-corrected chi connectivity index (χ2v) is 5.54. The summed E-state index contributed by atoms with van der Waals surface area (Å²) >= 11 is 5.94. The Kier molecular flexibility index (Phi) is 4.27. The summed E-state index contributed by atoms with van der Waals surface area (Å²) in [5.74, 6) is 5.46. The Hall–Kier alpha value is -1.33. The van der Waals surface area contributed by atoms with Gasteiger partial charge in [0.2, 0.25) is 0 Å². The van der Waals surface area contributed by atoms with Crippen LogP contribution in [-0.4, -0.2) is 17.4 Å². The molecule has 1 aliphatic carbocycles. The van der Waals surface area contributed by atoms with Crippen LogP contribution in [0, 0.1) is 5.41 Å². The predicted octanol–water partition coefficient (Wildman–Crippen LogP) is 2.33. The number of carbonyl (C=O) groups excluding carboxylic acids is 1. The third-order valence-electron chi connectivity index (χ3n) is 3.60. The molecule has 1 aromatic rings. The molecule has 1 aliphatic rings. The van der Waals surface area contributed by atoms with Crippen molar-refractivity contribution in [2.45, 2.75) is 32.6 Å². The number of rotatable bonds is 6. The number of nitrogen functional groups attached to an aromatic ring is 1. The minimum absolute atomic E-state index is 0.139. The van der Waals surface area contributed by atoms with Gasteiger partial charge in [0.15, 0.2) is 5.82 Å². The van der Waals surface area contributed by atoms with Crippen LogP contribution in [0.5, 0.6) is 0 Å². The van der Waals surface area contributed by atoms with Gasteiger partial charge in [-0.3, -0.25) is 4.79 Å². The molecular formula is C13H19ClN4O. The molecule has 1 heterocycles. The van der Waals surface area contributed by atoms with Crippen molar-refractivity contribution < 1.29 is 4.79 Å². The number of nitrogens with zero attached hydrogens (tertiary/aromatic N) is 1. The summed E-state index contributed by atoms with van der Waals surface area (Å²) < 4.78 is 0. The average Bonchev–Trinajstić information content (AvgIpc) is 3.16. The van der Waals surface area contributed by atoms with Crippen LogP contribution >= 0.6 is 11.6 Å². The number of hydrogen-bond donors (Lipinski definition) is 3. The molecular weight excluding hydrogens is 264 g/mol. The zero-order chi connectivity index (χ0) is 13.9. The number of pyridine rings is 1. The summed E-state index contributed by atoms with van der Waals surface area (Å²) in [5.41, 5.74) is 3.16. The Bertz CT molecular complexity index is 474. The first-order valence-electron chi connectivity index (χ1n) is 6.50. The number of halogens is 1. The Labute approximate surface area is 117 Å². The van der Waals surface area contributed by atoms with Crippen molar-refractivity contribution in [2.24, 2.45) is 11.3 Å². The fourth-order valence-corrected chi connectivity index (χ4v) is 2.48. The molecule has 5 nitrogen and oxygen atoms in total. The van der Waals surface area contributed by atoms with E-state index in [1.54, 1.807) is 6.07 Å². The van der Waals surface area contributed by atoms with E-state index in [0.717, 1.165) is 13.0 Å². The molecule has 1 fully saturated rings. The maximum absolute atomic E-state index is 12.0. The van der Waals surface area contributed by atoms with Crippen molar-refractivity contribution >= 4 is 23.3 Å². The van der Waals surface area contributed by atoms with Crippen LogP contribution in [0.4, 0.5) is 5.82 Å². The largest absolute Gasteiger partial charge is 0.351 e. The van der Waals surface area contributed by atoms with Gasteiger partial charge in [-0.05, 0) is 30.7 Å². The van der Waals surface area contributed by atoms with Crippen LogP contribution in [-0.2, 0) is 0 Å². The zero-order valence-corrected chi connectivity index (χ0v) is 11.8. The van der Waals surface area contributed by atoms with Gasteiger partial charge in [0.1, 0.15) is 0 Å². The first kappa shape index (κ1) is 14.1. The monoisotopic (exact) mass is 282 g/mol. The normalized spacial score (nSPS) is 15.9. The number of nitrogens with two attached hydrogens (primary N) is 1. The number of aromatic nitrogens is 1. The first-order chi connectivity index (χ1) is 9.10. The van der Waals surface area contributed by atoms with Crippen LogP contribution in [0.25, 0.3) is 0 Å². The molecule has 0 aromatic carbocycles. The molecule has 104 valence electrons. The van der Waals surface area contributed by atoms with Crippen molar-refractivity contribution in [3.63, 3.8) is 0 Å². The third-order valence-corrected chi connectivity index (χ3v) is 3.89. The lowest BCUT2D eigenvalue weighted by molar-refractivity contribution is 0.0943. The van der Waals surface area contributed by atoms with E-state index in [-0.39, 0.29) is 5.91 Å². The van der Waals surface area contributed by atoms with Crippen LogP contribution in [0.3, 0.4) is 0 Å². The fraction of sp³-hybridized carbons (Fsp3) is 0.538. The molecule has 0 saturated heterocycles. The smallest absolute Gasteiger partial charge is 0.252 e. The third kappa shape index (κ3) is 3.36. The number of amides is 1. The molecule has 19 heavy (non-hydrogen) atoms. The Morgan fingerprint density at radius 2 is 2.32 bits per heavy atom. The van der Waals surface area contributed by atoms with E-state index < -0.39 is 0 Å². The Morgan fingerprint density at radius 1 is 1.58 bits per heavy atom. The van der Waals surface area contributed by atoms with Gasteiger partial charge in [0, 0.05) is 12.7 Å². The second kappa shape index (κ2) is 5.75. The van der Waals surface area contributed by atoms with Gasteiger partial charge in [-0.25, -0.2) is 10.8 Å². The zero-order valence-electron chi connectivity index (χ0n) is 11.0. The van der Waals surface area contributed by atoms with Gasteiger partial charge in [-0.1, -0.05) is 24.9 Å². The first-order valence-corrected chi connectivity index (χ1v) is 6.88. The molecule has 4 N–H and O–H groups in total. The lowest BCUT2D eigenvalue weighted by Crippen LogP contribution is -2.30. The number of hydrazine groups is 1. The van der Waals surface area contributed by atoms with E-state index in [0.29, 0.717) is 21.8 Å². The van der Waals surface area contributed by atoms with Crippen molar-refractivity contribution in [1.29, 1.82) is 0 Å². The summed E-state index contributed by atoms with van der Waals surface area (Å²) in [5, 5.41) is 3.30. The Balaban J connectivity index is 1.95. The highest BCUT2D eigenvalue weighted by Gasteiger charge is 2.41. The van der Waals surface area contributed by atoms with Crippen molar-refractivity contribution in [2.75, 3.05) is 12.0 Å². The van der Waals surface area contributed by atoms with Crippen LogP contribution in [0.15, 0.2) is 12.3 Å². The molecule has 0 aliphatic heterocycles. The predicted molar refractivity (Wildman–Crippen MR) is 76.0 cm³/mol. The number of nitrogens with one attached hydrogen (secondary N) is 2. The van der Waals surface area contributed by atoms with Crippen LogP contribution in [0.1, 0.15) is 43.0 Å². The molecule has 0 radical (unpaired) electrons. The van der Waals surface area contributed by atoms with E-state index in [1.165, 1.54) is 25.5 Å². The average molecular weight is 283 g/mol. The maximum Gasteiger partial charge on any atom is 0.252 e. The SMILES string of the molecule is CCCC1(CNC(=O)c2cnc(NN)c(Cl)c2)CC1. The fourth-order valence-electron chi connectivity index (χ4n) is 2.26. The van der Waals surface area contributed by atoms with E-state index in [4.69, 9.17) is 17.4 Å².